The molecule has 0 saturated carbocycles. The molecule has 14 N–H and O–H groups in total. The van der Waals surface area contributed by atoms with Gasteiger partial charge in [-0.05, 0) is 38.5 Å². The van der Waals surface area contributed by atoms with Crippen LogP contribution in [-0.2, 0) is 19.2 Å². The molecule has 1 heterocycles. The highest BCUT2D eigenvalue weighted by molar-refractivity contribution is 5.94. The Morgan fingerprint density at radius 3 is 1.94 bits per heavy atom. The van der Waals surface area contributed by atoms with Crippen molar-refractivity contribution in [3.8, 4) is 0 Å². The van der Waals surface area contributed by atoms with Crippen molar-refractivity contribution in [2.24, 2.45) is 38.7 Å². The topological polar surface area (TPSA) is 291 Å². The van der Waals surface area contributed by atoms with Crippen LogP contribution in [0.15, 0.2) is 9.98 Å². The molecule has 4 atom stereocenters. The van der Waals surface area contributed by atoms with Crippen LogP contribution in [0.3, 0.4) is 0 Å². The van der Waals surface area contributed by atoms with E-state index in [9.17, 15) is 24.3 Å². The number of guanidine groups is 2. The summed E-state index contributed by atoms with van der Waals surface area (Å²) in [5.74, 6) is -3.40. The van der Waals surface area contributed by atoms with E-state index in [2.05, 4.69) is 20.6 Å². The van der Waals surface area contributed by atoms with Gasteiger partial charge in [-0.1, -0.05) is 0 Å². The van der Waals surface area contributed by atoms with E-state index < -0.39 is 54.5 Å². The predicted octanol–water partition coefficient (Wildman–Crippen LogP) is -4.54. The standard InChI is InChI=1S/C20H38N10O6/c21-11(10-31)15(32)28-12(4-1-7-26-19(22)23)16(33)29-13(5-2-8-27-20(24)25)17(34)30-9-3-6-14(30)18(35)36/h11-14,31H,1-10,21H2,(H,28,32)(H,29,33)(H,35,36)(H4,22,23,26)(H4,24,25,27)/t11-,12-,13-,14-/m0/s1. The van der Waals surface area contributed by atoms with Crippen LogP contribution in [0.25, 0.3) is 0 Å². The maximum absolute atomic E-state index is 13.2. The number of likely N-dealkylation sites (tertiary alicyclic amines) is 1. The van der Waals surface area contributed by atoms with E-state index >= 15 is 0 Å². The number of aliphatic imine (C=N–C) groups is 2. The Balaban J connectivity index is 3.04. The van der Waals surface area contributed by atoms with Crippen LogP contribution in [0.2, 0.25) is 0 Å². The number of nitrogens with two attached hydrogens (primary N) is 5. The molecule has 0 radical (unpaired) electrons. The molecular formula is C20H38N10O6. The number of carboxylic acids is 1. The summed E-state index contributed by atoms with van der Waals surface area (Å²) in [7, 11) is 0. The van der Waals surface area contributed by atoms with Gasteiger partial charge >= 0.3 is 5.97 Å². The Kier molecular flexibility index (Phi) is 13.0. The normalized spacial score (nSPS) is 17.4. The molecule has 0 unspecified atom stereocenters. The summed E-state index contributed by atoms with van der Waals surface area (Å²) in [5.41, 5.74) is 26.8. The van der Waals surface area contributed by atoms with Gasteiger partial charge in [-0.25, -0.2) is 4.79 Å². The zero-order chi connectivity index (χ0) is 27.3. The number of hydrogen-bond acceptors (Lipinski definition) is 8. The van der Waals surface area contributed by atoms with Gasteiger partial charge in [0.05, 0.1) is 6.61 Å². The molecule has 0 aromatic carbocycles. The highest BCUT2D eigenvalue weighted by Gasteiger charge is 2.38. The lowest BCUT2D eigenvalue weighted by Gasteiger charge is -2.29. The lowest BCUT2D eigenvalue weighted by molar-refractivity contribution is -0.149. The first-order chi connectivity index (χ1) is 17.0. The first kappa shape index (κ1) is 30.4. The third kappa shape index (κ3) is 10.3. The molecule has 16 nitrogen and oxygen atoms in total. The highest BCUT2D eigenvalue weighted by atomic mass is 16.4. The molecule has 204 valence electrons. The van der Waals surface area contributed by atoms with Crippen LogP contribution in [0.1, 0.15) is 38.5 Å². The average molecular weight is 515 g/mol. The number of hydrogen-bond donors (Lipinski definition) is 9. The second-order valence-corrected chi connectivity index (χ2v) is 8.34. The number of aliphatic hydroxyl groups excluding tert-OH is 1. The van der Waals surface area contributed by atoms with Gasteiger partial charge in [-0.15, -0.1) is 0 Å². The molecular weight excluding hydrogens is 476 g/mol. The first-order valence-corrected chi connectivity index (χ1v) is 11.6. The van der Waals surface area contributed by atoms with E-state index in [1.165, 1.54) is 4.90 Å². The van der Waals surface area contributed by atoms with Gasteiger partial charge < -0.3 is 54.4 Å². The van der Waals surface area contributed by atoms with E-state index in [4.69, 9.17) is 33.8 Å². The quantitative estimate of drug-likeness (QED) is 0.0569. The third-order valence-corrected chi connectivity index (χ3v) is 5.49. The number of nitrogens with one attached hydrogen (secondary N) is 2. The summed E-state index contributed by atoms with van der Waals surface area (Å²) in [5, 5.41) is 23.7. The molecule has 0 aromatic rings. The van der Waals surface area contributed by atoms with Gasteiger partial charge in [-0.2, -0.15) is 0 Å². The van der Waals surface area contributed by atoms with Crippen molar-refractivity contribution in [2.75, 3.05) is 26.2 Å². The number of rotatable bonds is 15. The molecule has 36 heavy (non-hydrogen) atoms. The van der Waals surface area contributed by atoms with Gasteiger partial charge in [0.2, 0.25) is 17.7 Å². The van der Waals surface area contributed by atoms with Gasteiger partial charge in [-0.3, -0.25) is 24.4 Å². The minimum Gasteiger partial charge on any atom is -0.480 e. The molecule has 1 rings (SSSR count). The summed E-state index contributed by atoms with van der Waals surface area (Å²) in [6.45, 7) is -0.0247. The van der Waals surface area contributed by atoms with Gasteiger partial charge in [0.1, 0.15) is 24.2 Å². The first-order valence-electron chi connectivity index (χ1n) is 11.6. The Morgan fingerprint density at radius 2 is 1.44 bits per heavy atom. The molecule has 0 aromatic heterocycles. The molecule has 0 bridgehead atoms. The maximum atomic E-state index is 13.2. The number of nitrogens with zero attached hydrogens (tertiary/aromatic N) is 3. The molecule has 3 amide bonds. The average Bonchev–Trinajstić information content (AvgIpc) is 3.31. The van der Waals surface area contributed by atoms with Crippen molar-refractivity contribution in [2.45, 2.75) is 62.7 Å². The molecule has 0 spiro atoms. The van der Waals surface area contributed by atoms with Crippen LogP contribution in [0.4, 0.5) is 0 Å². The summed E-state index contributed by atoms with van der Waals surface area (Å²) in [4.78, 5) is 59.1. The Morgan fingerprint density at radius 1 is 0.917 bits per heavy atom. The van der Waals surface area contributed by atoms with Crippen LogP contribution in [-0.4, -0.2) is 101 Å². The maximum Gasteiger partial charge on any atom is 0.326 e. The van der Waals surface area contributed by atoms with E-state index in [1.54, 1.807) is 0 Å². The van der Waals surface area contributed by atoms with Crippen molar-refractivity contribution in [1.82, 2.24) is 15.5 Å². The minimum atomic E-state index is -1.25. The summed E-state index contributed by atoms with van der Waals surface area (Å²) in [6.07, 6.45) is 1.66. The van der Waals surface area contributed by atoms with Gasteiger partial charge in [0.15, 0.2) is 11.9 Å². The number of carbonyl (C=O) groups excluding carboxylic acids is 3. The predicted molar refractivity (Wildman–Crippen MR) is 131 cm³/mol. The van der Waals surface area contributed by atoms with Crippen molar-refractivity contribution >= 4 is 35.6 Å². The summed E-state index contributed by atoms with van der Waals surface area (Å²) >= 11 is 0. The molecule has 1 aliphatic heterocycles. The summed E-state index contributed by atoms with van der Waals surface area (Å²) in [6, 6.07) is -4.45. The lowest BCUT2D eigenvalue weighted by atomic mass is 10.1. The van der Waals surface area contributed by atoms with Crippen LogP contribution in [0, 0.1) is 0 Å². The van der Waals surface area contributed by atoms with Crippen molar-refractivity contribution < 1.29 is 29.4 Å². The van der Waals surface area contributed by atoms with E-state index in [1.807, 2.05) is 0 Å². The van der Waals surface area contributed by atoms with Gasteiger partial charge in [0.25, 0.3) is 0 Å². The largest absolute Gasteiger partial charge is 0.480 e. The zero-order valence-electron chi connectivity index (χ0n) is 20.1. The Hall–Kier alpha value is -3.66. The number of carboxylic acid groups (broad SMARTS) is 1. The number of carbonyl (C=O) groups is 4. The SMILES string of the molecule is NC(N)=NCCC[C@H](NC(=O)[C@@H](N)CO)C(=O)N[C@@H](CCCN=C(N)N)C(=O)N1CCC[C@H]1C(=O)O. The fraction of sp³-hybridized carbons (Fsp3) is 0.700. The molecule has 1 saturated heterocycles. The molecule has 0 aliphatic carbocycles. The molecule has 1 aliphatic rings. The second kappa shape index (κ2) is 15.4. The lowest BCUT2D eigenvalue weighted by Crippen LogP contribution is -2.57. The third-order valence-electron chi connectivity index (χ3n) is 5.49. The Labute approximate surface area is 208 Å². The molecule has 16 heteroatoms. The van der Waals surface area contributed by atoms with Crippen LogP contribution >= 0.6 is 0 Å². The van der Waals surface area contributed by atoms with E-state index in [0.29, 0.717) is 25.7 Å². The minimum absolute atomic E-state index is 0.100. The smallest absolute Gasteiger partial charge is 0.326 e. The van der Waals surface area contributed by atoms with Crippen molar-refractivity contribution in [1.29, 1.82) is 0 Å². The van der Waals surface area contributed by atoms with Crippen molar-refractivity contribution in [3.63, 3.8) is 0 Å². The summed E-state index contributed by atoms with van der Waals surface area (Å²) < 4.78 is 0. The highest BCUT2D eigenvalue weighted by Crippen LogP contribution is 2.20. The molecule has 1 fully saturated rings. The number of amides is 3. The van der Waals surface area contributed by atoms with Crippen LogP contribution in [0.5, 0.6) is 0 Å². The monoisotopic (exact) mass is 514 g/mol. The van der Waals surface area contributed by atoms with E-state index in [0.717, 1.165) is 0 Å². The fourth-order valence-electron chi connectivity index (χ4n) is 3.65. The van der Waals surface area contributed by atoms with Gasteiger partial charge in [0, 0.05) is 19.6 Å². The fourth-order valence-corrected chi connectivity index (χ4v) is 3.65. The second-order valence-electron chi connectivity index (χ2n) is 8.34. The number of aliphatic carboxylic acids is 1. The van der Waals surface area contributed by atoms with Crippen molar-refractivity contribution in [3.05, 3.63) is 0 Å². The number of aliphatic hydroxyl groups is 1. The Bertz CT molecular complexity index is 828. The van der Waals surface area contributed by atoms with E-state index in [-0.39, 0.29) is 44.4 Å². The van der Waals surface area contributed by atoms with Crippen LogP contribution < -0.4 is 39.3 Å². The zero-order valence-corrected chi connectivity index (χ0v) is 20.1.